The largest absolute Gasteiger partial charge is 0.377 e. The molecule has 0 N–H and O–H groups in total. The summed E-state index contributed by atoms with van der Waals surface area (Å²) in [6, 6.07) is 5.70. The number of morpholine rings is 1. The number of benzene rings is 1. The molecule has 19 heavy (non-hydrogen) atoms. The molecule has 1 fully saturated rings. The van der Waals surface area contributed by atoms with E-state index in [4.69, 9.17) is 4.74 Å². The van der Waals surface area contributed by atoms with Crippen LogP contribution in [-0.4, -0.2) is 41.0 Å². The van der Waals surface area contributed by atoms with Gasteiger partial charge in [-0.15, -0.1) is 0 Å². The number of hydrogen-bond donors (Lipinski definition) is 0. The molecule has 0 radical (unpaired) electrons. The highest BCUT2D eigenvalue weighted by Crippen LogP contribution is 2.19. The zero-order chi connectivity index (χ0) is 14.0. The molecular weight excluding hydrogens is 248 g/mol. The first-order chi connectivity index (χ1) is 9.00. The van der Waals surface area contributed by atoms with E-state index < -0.39 is 4.92 Å². The van der Waals surface area contributed by atoms with Crippen molar-refractivity contribution in [1.29, 1.82) is 0 Å². The Labute approximate surface area is 111 Å². The third-order valence-corrected chi connectivity index (χ3v) is 3.23. The van der Waals surface area contributed by atoms with Gasteiger partial charge in [0.05, 0.1) is 30.2 Å². The van der Waals surface area contributed by atoms with Crippen LogP contribution in [0, 0.1) is 10.1 Å². The summed E-state index contributed by atoms with van der Waals surface area (Å²) < 4.78 is 5.38. The molecule has 0 aliphatic carbocycles. The van der Waals surface area contributed by atoms with Crippen LogP contribution in [0.25, 0.3) is 0 Å². The Hall–Kier alpha value is -1.95. The number of ether oxygens (including phenoxy) is 1. The molecule has 6 nitrogen and oxygen atoms in total. The minimum atomic E-state index is -0.478. The third-order valence-electron chi connectivity index (χ3n) is 3.23. The Morgan fingerprint density at radius 1 is 1.26 bits per heavy atom. The van der Waals surface area contributed by atoms with Gasteiger partial charge in [-0.05, 0) is 26.0 Å². The monoisotopic (exact) mass is 264 g/mol. The standard InChI is InChI=1S/C13H16N2O4/c1-9-7-19-8-10(2)14(9)13(16)11-3-5-12(6-4-11)15(17)18/h3-6,9-10H,7-8H2,1-2H3/t9-,10-/m1/s1. The molecule has 1 aliphatic heterocycles. The molecule has 0 spiro atoms. The zero-order valence-electron chi connectivity index (χ0n) is 10.9. The van der Waals surface area contributed by atoms with Gasteiger partial charge in [0.15, 0.2) is 0 Å². The second-order valence-electron chi connectivity index (χ2n) is 4.75. The fourth-order valence-electron chi connectivity index (χ4n) is 2.28. The fourth-order valence-corrected chi connectivity index (χ4v) is 2.28. The van der Waals surface area contributed by atoms with Crippen LogP contribution in [0.4, 0.5) is 5.69 Å². The fraction of sp³-hybridized carbons (Fsp3) is 0.462. The number of nitro groups is 1. The molecule has 1 aromatic carbocycles. The lowest BCUT2D eigenvalue weighted by molar-refractivity contribution is -0.384. The van der Waals surface area contributed by atoms with Crippen LogP contribution in [0.3, 0.4) is 0 Å². The highest BCUT2D eigenvalue weighted by Gasteiger charge is 2.30. The number of nitrogens with zero attached hydrogens (tertiary/aromatic N) is 2. The normalized spacial score (nSPS) is 23.2. The van der Waals surface area contributed by atoms with E-state index in [-0.39, 0.29) is 23.7 Å². The molecule has 1 amide bonds. The van der Waals surface area contributed by atoms with Crippen LogP contribution in [0.1, 0.15) is 24.2 Å². The zero-order valence-corrected chi connectivity index (χ0v) is 10.9. The minimum absolute atomic E-state index is 0.00596. The Kier molecular flexibility index (Phi) is 3.80. The first-order valence-electron chi connectivity index (χ1n) is 6.15. The molecular formula is C13H16N2O4. The van der Waals surface area contributed by atoms with Gasteiger partial charge in [-0.2, -0.15) is 0 Å². The van der Waals surface area contributed by atoms with Gasteiger partial charge in [0, 0.05) is 17.7 Å². The smallest absolute Gasteiger partial charge is 0.269 e. The van der Waals surface area contributed by atoms with E-state index in [1.54, 1.807) is 4.90 Å². The summed E-state index contributed by atoms with van der Waals surface area (Å²) in [7, 11) is 0. The van der Waals surface area contributed by atoms with Gasteiger partial charge < -0.3 is 9.64 Å². The number of carbonyl (C=O) groups is 1. The van der Waals surface area contributed by atoms with Crippen LogP contribution < -0.4 is 0 Å². The lowest BCUT2D eigenvalue weighted by Gasteiger charge is -2.38. The maximum atomic E-state index is 12.4. The predicted octanol–water partition coefficient (Wildman–Crippen LogP) is 1.84. The summed E-state index contributed by atoms with van der Waals surface area (Å²) >= 11 is 0. The van der Waals surface area contributed by atoms with E-state index in [0.717, 1.165) is 0 Å². The first kappa shape index (κ1) is 13.5. The molecule has 0 bridgehead atoms. The van der Waals surface area contributed by atoms with E-state index in [1.807, 2.05) is 13.8 Å². The highest BCUT2D eigenvalue weighted by atomic mass is 16.6. The summed E-state index contributed by atoms with van der Waals surface area (Å²) in [5.74, 6) is -0.113. The average Bonchev–Trinajstić information content (AvgIpc) is 2.38. The van der Waals surface area contributed by atoms with Gasteiger partial charge >= 0.3 is 0 Å². The Balaban J connectivity index is 2.20. The van der Waals surface area contributed by atoms with Crippen LogP contribution >= 0.6 is 0 Å². The highest BCUT2D eigenvalue weighted by molar-refractivity contribution is 5.94. The minimum Gasteiger partial charge on any atom is -0.377 e. The van der Waals surface area contributed by atoms with Gasteiger partial charge in [0.25, 0.3) is 11.6 Å². The summed E-state index contributed by atoms with van der Waals surface area (Å²) in [5, 5.41) is 10.6. The summed E-state index contributed by atoms with van der Waals surface area (Å²) in [6.45, 7) is 4.89. The van der Waals surface area contributed by atoms with Crippen molar-refractivity contribution < 1.29 is 14.5 Å². The lowest BCUT2D eigenvalue weighted by atomic mass is 10.1. The van der Waals surface area contributed by atoms with Crippen molar-refractivity contribution in [3.05, 3.63) is 39.9 Å². The van der Waals surface area contributed by atoms with Crippen molar-refractivity contribution >= 4 is 11.6 Å². The second kappa shape index (κ2) is 5.36. The number of amides is 1. The lowest BCUT2D eigenvalue weighted by Crippen LogP contribution is -2.52. The van der Waals surface area contributed by atoms with E-state index in [0.29, 0.717) is 18.8 Å². The molecule has 6 heteroatoms. The molecule has 0 unspecified atom stereocenters. The molecule has 2 rings (SSSR count). The molecule has 2 atom stereocenters. The average molecular weight is 264 g/mol. The van der Waals surface area contributed by atoms with E-state index in [9.17, 15) is 14.9 Å². The number of hydrogen-bond acceptors (Lipinski definition) is 4. The Morgan fingerprint density at radius 3 is 2.26 bits per heavy atom. The van der Waals surface area contributed by atoms with Crippen LogP contribution in [-0.2, 0) is 4.74 Å². The van der Waals surface area contributed by atoms with Crippen LogP contribution in [0.2, 0.25) is 0 Å². The van der Waals surface area contributed by atoms with Crippen LogP contribution in [0.5, 0.6) is 0 Å². The second-order valence-corrected chi connectivity index (χ2v) is 4.75. The number of nitro benzene ring substituents is 1. The summed E-state index contributed by atoms with van der Waals surface area (Å²) in [5.41, 5.74) is 0.450. The molecule has 1 aromatic rings. The Bertz CT molecular complexity index is 476. The van der Waals surface area contributed by atoms with Crippen LogP contribution in [0.15, 0.2) is 24.3 Å². The first-order valence-corrected chi connectivity index (χ1v) is 6.15. The molecule has 0 aromatic heterocycles. The van der Waals surface area contributed by atoms with Crippen molar-refractivity contribution in [2.24, 2.45) is 0 Å². The number of carbonyl (C=O) groups excluding carboxylic acids is 1. The van der Waals surface area contributed by atoms with Crippen molar-refractivity contribution in [3.8, 4) is 0 Å². The van der Waals surface area contributed by atoms with E-state index in [1.165, 1.54) is 24.3 Å². The van der Waals surface area contributed by atoms with Crippen molar-refractivity contribution in [2.75, 3.05) is 13.2 Å². The van der Waals surface area contributed by atoms with Crippen molar-refractivity contribution in [1.82, 2.24) is 4.90 Å². The topological polar surface area (TPSA) is 72.7 Å². The van der Waals surface area contributed by atoms with Gasteiger partial charge in [-0.1, -0.05) is 0 Å². The van der Waals surface area contributed by atoms with Gasteiger partial charge in [0.2, 0.25) is 0 Å². The third kappa shape index (κ3) is 2.73. The maximum absolute atomic E-state index is 12.4. The molecule has 0 saturated carbocycles. The van der Waals surface area contributed by atoms with E-state index >= 15 is 0 Å². The summed E-state index contributed by atoms with van der Waals surface area (Å²) in [6.07, 6.45) is 0. The molecule has 102 valence electrons. The Morgan fingerprint density at radius 2 is 1.79 bits per heavy atom. The van der Waals surface area contributed by atoms with Crippen molar-refractivity contribution in [3.63, 3.8) is 0 Å². The number of non-ortho nitro benzene ring substituents is 1. The van der Waals surface area contributed by atoms with E-state index in [2.05, 4.69) is 0 Å². The summed E-state index contributed by atoms with van der Waals surface area (Å²) in [4.78, 5) is 24.3. The molecule has 1 aliphatic rings. The molecule has 1 saturated heterocycles. The van der Waals surface area contributed by atoms with Gasteiger partial charge in [0.1, 0.15) is 0 Å². The molecule has 1 heterocycles. The van der Waals surface area contributed by atoms with Gasteiger partial charge in [-0.25, -0.2) is 0 Å². The SMILES string of the molecule is C[C@@H]1COC[C@@H](C)N1C(=O)c1ccc([N+](=O)[O-])cc1. The van der Waals surface area contributed by atoms with Gasteiger partial charge in [-0.3, -0.25) is 14.9 Å². The predicted molar refractivity (Wildman–Crippen MR) is 69.0 cm³/mol. The van der Waals surface area contributed by atoms with Crippen molar-refractivity contribution in [2.45, 2.75) is 25.9 Å². The quantitative estimate of drug-likeness (QED) is 0.603. The maximum Gasteiger partial charge on any atom is 0.269 e. The number of rotatable bonds is 2.